The van der Waals surface area contributed by atoms with E-state index in [1.807, 2.05) is 45.0 Å². The fourth-order valence-electron chi connectivity index (χ4n) is 3.66. The Morgan fingerprint density at radius 3 is 2.71 bits per heavy atom. The van der Waals surface area contributed by atoms with Crippen molar-refractivity contribution in [3.05, 3.63) is 65.5 Å². The van der Waals surface area contributed by atoms with E-state index in [0.29, 0.717) is 13.0 Å². The Balaban J connectivity index is 1.58. The minimum atomic E-state index is -0.266. The van der Waals surface area contributed by atoms with Gasteiger partial charge in [-0.15, -0.1) is 0 Å². The highest BCUT2D eigenvalue weighted by atomic mass is 16.3. The van der Waals surface area contributed by atoms with Crippen LogP contribution in [0.5, 0.6) is 0 Å². The zero-order valence-electron chi connectivity index (χ0n) is 16.5. The van der Waals surface area contributed by atoms with Gasteiger partial charge in [0.25, 0.3) is 0 Å². The normalized spacial score (nSPS) is 17.3. The van der Waals surface area contributed by atoms with E-state index >= 15 is 0 Å². The van der Waals surface area contributed by atoms with Crippen LogP contribution in [0.4, 0.5) is 0 Å². The number of amides is 1. The minimum Gasteiger partial charge on any atom is -0.458 e. The molecule has 6 nitrogen and oxygen atoms in total. The van der Waals surface area contributed by atoms with Crippen LogP contribution in [-0.2, 0) is 24.3 Å². The number of aromatic amines is 1. The van der Waals surface area contributed by atoms with Crippen molar-refractivity contribution < 1.29 is 9.21 Å². The average molecular weight is 378 g/mol. The maximum Gasteiger partial charge on any atom is 0.238 e. The van der Waals surface area contributed by atoms with Crippen molar-refractivity contribution >= 4 is 5.91 Å². The zero-order valence-corrected chi connectivity index (χ0v) is 16.5. The van der Waals surface area contributed by atoms with Gasteiger partial charge in [0.2, 0.25) is 5.91 Å². The lowest BCUT2D eigenvalue weighted by atomic mass is 9.92. The Hall–Kier alpha value is -2.86. The molecule has 146 valence electrons. The van der Waals surface area contributed by atoms with E-state index in [0.717, 1.165) is 23.8 Å². The molecule has 2 aromatic heterocycles. The Bertz CT molecular complexity index is 953. The number of furan rings is 1. The highest BCUT2D eigenvalue weighted by Crippen LogP contribution is 2.27. The second kappa shape index (κ2) is 7.28. The van der Waals surface area contributed by atoms with Crippen LogP contribution in [0.25, 0.3) is 11.5 Å². The van der Waals surface area contributed by atoms with Crippen LogP contribution >= 0.6 is 0 Å². The fourth-order valence-corrected chi connectivity index (χ4v) is 3.66. The second-order valence-electron chi connectivity index (χ2n) is 8.37. The van der Waals surface area contributed by atoms with Gasteiger partial charge >= 0.3 is 0 Å². The Morgan fingerprint density at radius 1 is 1.21 bits per heavy atom. The summed E-state index contributed by atoms with van der Waals surface area (Å²) in [4.78, 5) is 15.2. The van der Waals surface area contributed by atoms with Crippen molar-refractivity contribution in [2.24, 2.45) is 0 Å². The summed E-state index contributed by atoms with van der Waals surface area (Å²) in [5.74, 6) is 1.64. The first-order valence-corrected chi connectivity index (χ1v) is 9.60. The van der Waals surface area contributed by atoms with Crippen LogP contribution in [0.15, 0.2) is 53.1 Å². The lowest BCUT2D eigenvalue weighted by Crippen LogP contribution is -2.54. The van der Waals surface area contributed by atoms with Gasteiger partial charge in [0.15, 0.2) is 5.76 Å². The number of fused-ring (bicyclic) bond motifs is 1. The number of aromatic nitrogens is 2. The lowest BCUT2D eigenvalue weighted by Gasteiger charge is -2.37. The fraction of sp³-hybridized carbons (Fsp3) is 0.364. The molecule has 0 fully saturated rings. The van der Waals surface area contributed by atoms with Crippen LogP contribution < -0.4 is 5.32 Å². The molecular weight excluding hydrogens is 352 g/mol. The molecule has 0 saturated heterocycles. The number of benzene rings is 1. The molecule has 0 saturated carbocycles. The summed E-state index contributed by atoms with van der Waals surface area (Å²) >= 11 is 0. The molecule has 1 aromatic carbocycles. The van der Waals surface area contributed by atoms with Crippen LogP contribution in [0, 0.1) is 0 Å². The molecular formula is C22H26N4O2. The lowest BCUT2D eigenvalue weighted by molar-refractivity contribution is -0.128. The molecule has 3 heterocycles. The highest BCUT2D eigenvalue weighted by molar-refractivity contribution is 5.83. The number of hydrogen-bond acceptors (Lipinski definition) is 4. The van der Waals surface area contributed by atoms with Crippen molar-refractivity contribution in [3.8, 4) is 11.5 Å². The molecule has 2 N–H and O–H groups in total. The molecule has 0 bridgehead atoms. The van der Waals surface area contributed by atoms with E-state index in [9.17, 15) is 4.79 Å². The van der Waals surface area contributed by atoms with E-state index in [1.54, 1.807) is 6.20 Å². The molecule has 0 spiro atoms. The first-order chi connectivity index (χ1) is 13.4. The van der Waals surface area contributed by atoms with Gasteiger partial charge in [-0.05, 0) is 56.5 Å². The van der Waals surface area contributed by atoms with E-state index in [4.69, 9.17) is 4.42 Å². The molecule has 28 heavy (non-hydrogen) atoms. The maximum absolute atomic E-state index is 13.0. The van der Waals surface area contributed by atoms with Gasteiger partial charge in [-0.2, -0.15) is 5.10 Å². The molecule has 0 radical (unpaired) electrons. The SMILES string of the molecule is CC(C)(C)NC(=O)[C@@H]1Cc2ccccc2CN1Cc1ccc(-c2ccn[nH]2)o1. The van der Waals surface area contributed by atoms with Crippen LogP contribution in [-0.4, -0.2) is 32.6 Å². The summed E-state index contributed by atoms with van der Waals surface area (Å²) in [5, 5.41) is 10.0. The van der Waals surface area contributed by atoms with E-state index in [2.05, 4.69) is 38.6 Å². The van der Waals surface area contributed by atoms with Gasteiger partial charge in [-0.3, -0.25) is 14.8 Å². The average Bonchev–Trinajstić information content (AvgIpc) is 3.31. The topological polar surface area (TPSA) is 74.2 Å². The van der Waals surface area contributed by atoms with Crippen molar-refractivity contribution in [2.75, 3.05) is 0 Å². The number of rotatable bonds is 4. The van der Waals surface area contributed by atoms with Crippen molar-refractivity contribution in [3.63, 3.8) is 0 Å². The van der Waals surface area contributed by atoms with Gasteiger partial charge in [-0.25, -0.2) is 0 Å². The molecule has 6 heteroatoms. The monoisotopic (exact) mass is 378 g/mol. The predicted molar refractivity (Wildman–Crippen MR) is 107 cm³/mol. The molecule has 3 aromatic rings. The third-order valence-electron chi connectivity index (χ3n) is 4.93. The summed E-state index contributed by atoms with van der Waals surface area (Å²) in [6.07, 6.45) is 2.40. The summed E-state index contributed by atoms with van der Waals surface area (Å²) < 4.78 is 6.00. The first kappa shape index (κ1) is 18.5. The number of carbonyl (C=O) groups excluding carboxylic acids is 1. The van der Waals surface area contributed by atoms with E-state index < -0.39 is 0 Å². The van der Waals surface area contributed by atoms with Crippen molar-refractivity contribution in [1.29, 1.82) is 0 Å². The van der Waals surface area contributed by atoms with Gasteiger partial charge in [0.1, 0.15) is 11.5 Å². The molecule has 1 aliphatic rings. The highest BCUT2D eigenvalue weighted by Gasteiger charge is 2.33. The van der Waals surface area contributed by atoms with Gasteiger partial charge < -0.3 is 9.73 Å². The van der Waals surface area contributed by atoms with E-state index in [1.165, 1.54) is 11.1 Å². The summed E-state index contributed by atoms with van der Waals surface area (Å²) in [6, 6.07) is 13.9. The molecule has 0 aliphatic carbocycles. The third-order valence-corrected chi connectivity index (χ3v) is 4.93. The predicted octanol–water partition coefficient (Wildman–Crippen LogP) is 3.51. The molecule has 1 aliphatic heterocycles. The standard InChI is InChI=1S/C22H26N4O2/c1-22(2,3)24-21(27)19-12-15-6-4-5-7-16(15)13-26(19)14-17-8-9-20(28-17)18-10-11-23-25-18/h4-11,19H,12-14H2,1-3H3,(H,23,25)(H,24,27)/t19-/m0/s1. The third kappa shape index (κ3) is 4.02. The molecule has 1 atom stereocenters. The van der Waals surface area contributed by atoms with Crippen LogP contribution in [0.3, 0.4) is 0 Å². The summed E-state index contributed by atoms with van der Waals surface area (Å²) in [5.41, 5.74) is 3.09. The van der Waals surface area contributed by atoms with Crippen LogP contribution in [0.1, 0.15) is 37.7 Å². The van der Waals surface area contributed by atoms with E-state index in [-0.39, 0.29) is 17.5 Å². The number of nitrogens with one attached hydrogen (secondary N) is 2. The number of nitrogens with zero attached hydrogens (tertiary/aromatic N) is 2. The smallest absolute Gasteiger partial charge is 0.238 e. The number of hydrogen-bond donors (Lipinski definition) is 2. The quantitative estimate of drug-likeness (QED) is 0.729. The Kier molecular flexibility index (Phi) is 4.81. The largest absolute Gasteiger partial charge is 0.458 e. The first-order valence-electron chi connectivity index (χ1n) is 9.60. The zero-order chi connectivity index (χ0) is 19.7. The van der Waals surface area contributed by atoms with Crippen molar-refractivity contribution in [2.45, 2.75) is 51.9 Å². The molecule has 1 amide bonds. The Labute approximate surface area is 164 Å². The minimum absolute atomic E-state index is 0.0577. The Morgan fingerprint density at radius 2 is 2.00 bits per heavy atom. The second-order valence-corrected chi connectivity index (χ2v) is 8.37. The summed E-state index contributed by atoms with van der Waals surface area (Å²) in [6.45, 7) is 7.32. The number of H-pyrrole nitrogens is 1. The maximum atomic E-state index is 13.0. The van der Waals surface area contributed by atoms with Gasteiger partial charge in [0, 0.05) is 18.3 Å². The van der Waals surface area contributed by atoms with Crippen molar-refractivity contribution in [1.82, 2.24) is 20.4 Å². The van der Waals surface area contributed by atoms with Gasteiger partial charge in [-0.1, -0.05) is 24.3 Å². The molecule has 0 unspecified atom stereocenters. The molecule has 4 rings (SSSR count). The number of carbonyl (C=O) groups is 1. The summed E-state index contributed by atoms with van der Waals surface area (Å²) in [7, 11) is 0. The van der Waals surface area contributed by atoms with Gasteiger partial charge in [0.05, 0.1) is 12.6 Å². The van der Waals surface area contributed by atoms with Crippen LogP contribution in [0.2, 0.25) is 0 Å².